The molecule has 1 aromatic heterocycles. The summed E-state index contributed by atoms with van der Waals surface area (Å²) < 4.78 is 5.66. The summed E-state index contributed by atoms with van der Waals surface area (Å²) in [5.74, 6) is -0.207. The fourth-order valence-corrected chi connectivity index (χ4v) is 3.00. The van der Waals surface area contributed by atoms with E-state index >= 15 is 0 Å². The van der Waals surface area contributed by atoms with Crippen molar-refractivity contribution >= 4 is 39.1 Å². The fourth-order valence-electron chi connectivity index (χ4n) is 2.47. The van der Waals surface area contributed by atoms with E-state index in [0.717, 1.165) is 10.8 Å². The first-order valence-corrected chi connectivity index (χ1v) is 9.06. The van der Waals surface area contributed by atoms with Gasteiger partial charge in [0.15, 0.2) is 11.7 Å². The number of fused-ring (bicyclic) bond motifs is 1. The number of nitrogens with one attached hydrogen (secondary N) is 2. The number of amides is 2. The molecule has 2 amide bonds. The lowest BCUT2D eigenvalue weighted by atomic mass is 10.1. The molecule has 3 rings (SSSR count). The molecule has 0 aliphatic carbocycles. The van der Waals surface area contributed by atoms with Gasteiger partial charge in [-0.1, -0.05) is 24.3 Å². The largest absolute Gasteiger partial charge is 0.483 e. The summed E-state index contributed by atoms with van der Waals surface area (Å²) in [4.78, 5) is 28.6. The smallest absolute Gasteiger partial charge is 0.261 e. The van der Waals surface area contributed by atoms with Crippen LogP contribution >= 0.6 is 11.3 Å². The molecule has 0 saturated heterocycles. The van der Waals surface area contributed by atoms with E-state index in [9.17, 15) is 9.59 Å². The number of rotatable bonds is 6. The Morgan fingerprint density at radius 1 is 1.19 bits per heavy atom. The summed E-state index contributed by atoms with van der Waals surface area (Å²) in [6.07, 6.45) is 1.62. The number of benzene rings is 2. The summed E-state index contributed by atoms with van der Waals surface area (Å²) in [6, 6.07) is 11.2. The number of hydrogen-bond acceptors (Lipinski definition) is 5. The number of carbonyl (C=O) groups excluding carboxylic acids is 2. The SMILES string of the molecule is CC(C)NC(=O)COc1cc2ccccc2cc1C(=O)Nc1nccs1. The minimum Gasteiger partial charge on any atom is -0.483 e. The molecule has 134 valence electrons. The monoisotopic (exact) mass is 369 g/mol. The third-order valence-electron chi connectivity index (χ3n) is 3.55. The van der Waals surface area contributed by atoms with E-state index < -0.39 is 0 Å². The van der Waals surface area contributed by atoms with E-state index in [2.05, 4.69) is 15.6 Å². The van der Waals surface area contributed by atoms with Gasteiger partial charge >= 0.3 is 0 Å². The summed E-state index contributed by atoms with van der Waals surface area (Å²) in [6.45, 7) is 3.59. The minimum absolute atomic E-state index is 0.0235. The Morgan fingerprint density at radius 2 is 1.92 bits per heavy atom. The fraction of sp³-hybridized carbons (Fsp3) is 0.211. The van der Waals surface area contributed by atoms with E-state index in [4.69, 9.17) is 4.74 Å². The zero-order valence-corrected chi connectivity index (χ0v) is 15.3. The van der Waals surface area contributed by atoms with Crippen molar-refractivity contribution in [2.45, 2.75) is 19.9 Å². The van der Waals surface area contributed by atoms with Crippen LogP contribution in [0.1, 0.15) is 24.2 Å². The van der Waals surface area contributed by atoms with Crippen LogP contribution in [0.4, 0.5) is 5.13 Å². The van der Waals surface area contributed by atoms with Crippen molar-refractivity contribution in [3.8, 4) is 5.75 Å². The van der Waals surface area contributed by atoms with Gasteiger partial charge in [0.25, 0.3) is 11.8 Å². The lowest BCUT2D eigenvalue weighted by Crippen LogP contribution is -2.34. The van der Waals surface area contributed by atoms with Gasteiger partial charge in [-0.05, 0) is 36.8 Å². The van der Waals surface area contributed by atoms with Crippen molar-refractivity contribution in [2.24, 2.45) is 0 Å². The standard InChI is InChI=1S/C19H19N3O3S/c1-12(2)21-17(23)11-25-16-10-14-6-4-3-5-13(14)9-15(16)18(24)22-19-20-7-8-26-19/h3-10,12H,11H2,1-2H3,(H,21,23)(H,20,22,24). The lowest BCUT2D eigenvalue weighted by Gasteiger charge is -2.14. The molecule has 3 aromatic rings. The van der Waals surface area contributed by atoms with Gasteiger partial charge in [0.2, 0.25) is 0 Å². The summed E-state index contributed by atoms with van der Waals surface area (Å²) in [5.41, 5.74) is 0.358. The third kappa shape index (κ3) is 4.37. The maximum absolute atomic E-state index is 12.7. The van der Waals surface area contributed by atoms with E-state index in [-0.39, 0.29) is 24.5 Å². The highest BCUT2D eigenvalue weighted by Crippen LogP contribution is 2.27. The highest BCUT2D eigenvalue weighted by Gasteiger charge is 2.16. The molecular formula is C19H19N3O3S. The normalized spacial score (nSPS) is 10.7. The topological polar surface area (TPSA) is 80.3 Å². The summed E-state index contributed by atoms with van der Waals surface area (Å²) in [5, 5.41) is 9.64. The molecule has 26 heavy (non-hydrogen) atoms. The van der Waals surface area contributed by atoms with Gasteiger partial charge in [-0.2, -0.15) is 0 Å². The molecular weight excluding hydrogens is 350 g/mol. The van der Waals surface area contributed by atoms with Gasteiger partial charge in [-0.15, -0.1) is 11.3 Å². The minimum atomic E-state index is -0.329. The molecule has 1 heterocycles. The van der Waals surface area contributed by atoms with Crippen LogP contribution in [-0.4, -0.2) is 29.4 Å². The molecule has 2 aromatic carbocycles. The summed E-state index contributed by atoms with van der Waals surface area (Å²) >= 11 is 1.33. The molecule has 0 saturated carbocycles. The first-order chi connectivity index (χ1) is 12.5. The second-order valence-electron chi connectivity index (χ2n) is 6.00. The molecule has 0 unspecified atom stereocenters. The molecule has 0 atom stereocenters. The van der Waals surface area contributed by atoms with E-state index in [1.165, 1.54) is 11.3 Å². The molecule has 7 heteroatoms. The quantitative estimate of drug-likeness (QED) is 0.697. The van der Waals surface area contributed by atoms with Gasteiger partial charge < -0.3 is 10.1 Å². The maximum Gasteiger partial charge on any atom is 0.261 e. The van der Waals surface area contributed by atoms with Crippen molar-refractivity contribution < 1.29 is 14.3 Å². The Balaban J connectivity index is 1.88. The van der Waals surface area contributed by atoms with Crippen molar-refractivity contribution in [1.29, 1.82) is 0 Å². The number of thiazole rings is 1. The van der Waals surface area contributed by atoms with E-state index in [1.807, 2.05) is 38.1 Å². The molecule has 0 fully saturated rings. The Kier molecular flexibility index (Phi) is 5.48. The zero-order chi connectivity index (χ0) is 18.5. The predicted molar refractivity (Wildman–Crippen MR) is 103 cm³/mol. The van der Waals surface area contributed by atoms with Crippen LogP contribution in [0.3, 0.4) is 0 Å². The molecule has 0 radical (unpaired) electrons. The van der Waals surface area contributed by atoms with Crippen LogP contribution in [0.5, 0.6) is 5.75 Å². The molecule has 0 bridgehead atoms. The highest BCUT2D eigenvalue weighted by molar-refractivity contribution is 7.13. The second kappa shape index (κ2) is 7.97. The zero-order valence-electron chi connectivity index (χ0n) is 14.5. The summed E-state index contributed by atoms with van der Waals surface area (Å²) in [7, 11) is 0. The van der Waals surface area contributed by atoms with Crippen LogP contribution in [0.2, 0.25) is 0 Å². The van der Waals surface area contributed by atoms with Crippen molar-refractivity contribution in [3.05, 3.63) is 53.5 Å². The molecule has 0 spiro atoms. The number of anilines is 1. The number of aromatic nitrogens is 1. The molecule has 0 aliphatic heterocycles. The Bertz CT molecular complexity index is 923. The highest BCUT2D eigenvalue weighted by atomic mass is 32.1. The average Bonchev–Trinajstić information content (AvgIpc) is 3.11. The van der Waals surface area contributed by atoms with Gasteiger partial charge in [-0.3, -0.25) is 14.9 Å². The van der Waals surface area contributed by atoms with Crippen LogP contribution in [-0.2, 0) is 4.79 Å². The lowest BCUT2D eigenvalue weighted by molar-refractivity contribution is -0.123. The molecule has 6 nitrogen and oxygen atoms in total. The van der Waals surface area contributed by atoms with Crippen LogP contribution in [0.15, 0.2) is 48.0 Å². The van der Waals surface area contributed by atoms with Gasteiger partial charge in [0.1, 0.15) is 5.75 Å². The van der Waals surface area contributed by atoms with E-state index in [0.29, 0.717) is 16.4 Å². The van der Waals surface area contributed by atoms with Crippen molar-refractivity contribution in [2.75, 3.05) is 11.9 Å². The van der Waals surface area contributed by atoms with Gasteiger partial charge in [-0.25, -0.2) is 4.98 Å². The Morgan fingerprint density at radius 3 is 2.58 bits per heavy atom. The number of carbonyl (C=O) groups is 2. The van der Waals surface area contributed by atoms with Crippen LogP contribution < -0.4 is 15.4 Å². The van der Waals surface area contributed by atoms with Crippen molar-refractivity contribution in [1.82, 2.24) is 10.3 Å². The first kappa shape index (κ1) is 17.9. The second-order valence-corrected chi connectivity index (χ2v) is 6.89. The molecule has 0 aliphatic rings. The van der Waals surface area contributed by atoms with E-state index in [1.54, 1.807) is 23.7 Å². The predicted octanol–water partition coefficient (Wildman–Crippen LogP) is 3.45. The van der Waals surface area contributed by atoms with Crippen LogP contribution in [0, 0.1) is 0 Å². The number of hydrogen-bond donors (Lipinski definition) is 2. The van der Waals surface area contributed by atoms with Gasteiger partial charge in [0.05, 0.1) is 5.56 Å². The third-order valence-corrected chi connectivity index (χ3v) is 4.24. The van der Waals surface area contributed by atoms with Gasteiger partial charge in [0, 0.05) is 17.6 Å². The molecule has 2 N–H and O–H groups in total. The average molecular weight is 369 g/mol. The van der Waals surface area contributed by atoms with Crippen molar-refractivity contribution in [3.63, 3.8) is 0 Å². The van der Waals surface area contributed by atoms with Crippen LogP contribution in [0.25, 0.3) is 10.8 Å². The Labute approximate surface area is 155 Å². The first-order valence-electron chi connectivity index (χ1n) is 8.18. The maximum atomic E-state index is 12.7. The number of ether oxygens (including phenoxy) is 1. The Hall–Kier alpha value is -2.93. The number of nitrogens with zero attached hydrogens (tertiary/aromatic N) is 1.